The predicted molar refractivity (Wildman–Crippen MR) is 78.1 cm³/mol. The molecule has 0 N–H and O–H groups in total. The van der Waals surface area contributed by atoms with Gasteiger partial charge in [0, 0.05) is 17.5 Å². The highest BCUT2D eigenvalue weighted by atomic mass is 16.6. The van der Waals surface area contributed by atoms with E-state index >= 15 is 0 Å². The fourth-order valence-electron chi connectivity index (χ4n) is 1.62. The van der Waals surface area contributed by atoms with E-state index in [-0.39, 0.29) is 0 Å². The Morgan fingerprint density at radius 1 is 1.19 bits per heavy atom. The van der Waals surface area contributed by atoms with Crippen LogP contribution in [0.1, 0.15) is 20.8 Å². The number of carbonyl (C=O) groups is 1. The molecule has 0 spiro atoms. The van der Waals surface area contributed by atoms with E-state index in [4.69, 9.17) is 13.9 Å². The van der Waals surface area contributed by atoms with E-state index in [0.29, 0.717) is 11.3 Å². The molecule has 0 bridgehead atoms. The van der Waals surface area contributed by atoms with Gasteiger partial charge in [-0.1, -0.05) is 0 Å². The second-order valence-electron chi connectivity index (χ2n) is 5.41. The van der Waals surface area contributed by atoms with Gasteiger partial charge in [0.15, 0.2) is 0 Å². The van der Waals surface area contributed by atoms with E-state index < -0.39 is 17.2 Å². The first kappa shape index (κ1) is 14.8. The number of fused-ring (bicyclic) bond motifs is 1. The van der Waals surface area contributed by atoms with Crippen LogP contribution in [0.2, 0.25) is 0 Å². The van der Waals surface area contributed by atoms with Gasteiger partial charge in [-0.25, -0.2) is 9.59 Å². The van der Waals surface area contributed by atoms with Crippen LogP contribution in [0, 0.1) is 0 Å². The van der Waals surface area contributed by atoms with Crippen molar-refractivity contribution in [2.24, 2.45) is 0 Å². The first-order valence-corrected chi connectivity index (χ1v) is 6.44. The molecule has 1 aromatic heterocycles. The summed E-state index contributed by atoms with van der Waals surface area (Å²) in [5, 5.41) is 0.790. The Labute approximate surface area is 121 Å². The van der Waals surface area contributed by atoms with E-state index in [1.165, 1.54) is 18.4 Å². The predicted octanol–water partition coefficient (Wildman–Crippen LogP) is 3.03. The summed E-state index contributed by atoms with van der Waals surface area (Å²) in [5.74, 6) is -0.0357. The van der Waals surface area contributed by atoms with Crippen molar-refractivity contribution in [2.75, 3.05) is 0 Å². The fourth-order valence-corrected chi connectivity index (χ4v) is 1.62. The van der Waals surface area contributed by atoms with Crippen molar-refractivity contribution >= 4 is 16.9 Å². The van der Waals surface area contributed by atoms with Crippen LogP contribution in [0.5, 0.6) is 5.75 Å². The third-order valence-corrected chi connectivity index (χ3v) is 2.41. The van der Waals surface area contributed by atoms with Crippen LogP contribution >= 0.6 is 0 Å². The number of carbonyl (C=O) groups excluding carboxylic acids is 1. The van der Waals surface area contributed by atoms with E-state index in [0.717, 1.165) is 5.39 Å². The Morgan fingerprint density at radius 3 is 2.62 bits per heavy atom. The van der Waals surface area contributed by atoms with E-state index in [1.54, 1.807) is 45.0 Å². The van der Waals surface area contributed by atoms with Gasteiger partial charge in [0.25, 0.3) is 0 Å². The van der Waals surface area contributed by atoms with Crippen molar-refractivity contribution in [3.05, 3.63) is 53.1 Å². The van der Waals surface area contributed by atoms with Gasteiger partial charge in [0.05, 0.1) is 12.3 Å². The number of benzene rings is 1. The van der Waals surface area contributed by atoms with Gasteiger partial charge in [-0.15, -0.1) is 0 Å². The quantitative estimate of drug-likeness (QED) is 0.376. The molecule has 1 heterocycles. The molecule has 0 unspecified atom stereocenters. The molecule has 0 saturated carbocycles. The van der Waals surface area contributed by atoms with Gasteiger partial charge in [-0.05, 0) is 39.0 Å². The standard InChI is InChI=1S/C16H16O5/c1-16(2,3)21-15(18)8-9-19-12-6-4-11-5-7-14(17)20-13(11)10-12/h4-10H,1-3H3/b9-8+. The van der Waals surface area contributed by atoms with Crippen molar-refractivity contribution in [3.63, 3.8) is 0 Å². The summed E-state index contributed by atoms with van der Waals surface area (Å²) in [6, 6.07) is 8.07. The molecule has 2 rings (SSSR count). The first-order chi connectivity index (χ1) is 9.83. The maximum atomic E-state index is 11.5. The zero-order valence-corrected chi connectivity index (χ0v) is 12.1. The van der Waals surface area contributed by atoms with Crippen LogP contribution in [0.25, 0.3) is 11.0 Å². The van der Waals surface area contributed by atoms with Crippen LogP contribution in [0.15, 0.2) is 51.9 Å². The molecule has 21 heavy (non-hydrogen) atoms. The second-order valence-corrected chi connectivity index (χ2v) is 5.41. The molecule has 110 valence electrons. The minimum absolute atomic E-state index is 0.422. The summed E-state index contributed by atoms with van der Waals surface area (Å²) in [5.41, 5.74) is -0.553. The minimum Gasteiger partial charge on any atom is -0.465 e. The normalized spacial score (nSPS) is 11.8. The molecule has 0 aliphatic carbocycles. The van der Waals surface area contributed by atoms with Gasteiger partial charge < -0.3 is 13.9 Å². The number of rotatable bonds is 3. The third kappa shape index (κ3) is 4.49. The molecule has 0 aliphatic rings. The lowest BCUT2D eigenvalue weighted by atomic mass is 10.2. The smallest absolute Gasteiger partial charge is 0.336 e. The maximum absolute atomic E-state index is 11.5. The van der Waals surface area contributed by atoms with Crippen molar-refractivity contribution in [3.8, 4) is 5.75 Å². The lowest BCUT2D eigenvalue weighted by Crippen LogP contribution is -2.22. The Bertz CT molecular complexity index is 734. The van der Waals surface area contributed by atoms with Crippen molar-refractivity contribution in [1.82, 2.24) is 0 Å². The Morgan fingerprint density at radius 2 is 1.90 bits per heavy atom. The Hall–Kier alpha value is -2.56. The average molecular weight is 288 g/mol. The Kier molecular flexibility index (Phi) is 4.12. The zero-order chi connectivity index (χ0) is 15.5. The lowest BCUT2D eigenvalue weighted by Gasteiger charge is -2.17. The summed E-state index contributed by atoms with van der Waals surface area (Å²) < 4.78 is 15.4. The molecule has 0 atom stereocenters. The summed E-state index contributed by atoms with van der Waals surface area (Å²) >= 11 is 0. The van der Waals surface area contributed by atoms with Gasteiger partial charge in [-0.3, -0.25) is 0 Å². The molecule has 0 saturated heterocycles. The number of hydrogen-bond donors (Lipinski definition) is 0. The molecule has 2 aromatic rings. The minimum atomic E-state index is -0.548. The average Bonchev–Trinajstić information content (AvgIpc) is 2.36. The summed E-state index contributed by atoms with van der Waals surface area (Å²) in [4.78, 5) is 22.6. The van der Waals surface area contributed by atoms with Crippen LogP contribution in [-0.4, -0.2) is 11.6 Å². The monoisotopic (exact) mass is 288 g/mol. The van der Waals surface area contributed by atoms with Crippen LogP contribution in [0.4, 0.5) is 0 Å². The highest BCUT2D eigenvalue weighted by molar-refractivity contribution is 5.82. The molecule has 0 radical (unpaired) electrons. The zero-order valence-electron chi connectivity index (χ0n) is 12.1. The van der Waals surface area contributed by atoms with Gasteiger partial charge in [0.1, 0.15) is 16.9 Å². The largest absolute Gasteiger partial charge is 0.465 e. The lowest BCUT2D eigenvalue weighted by molar-refractivity contribution is -0.148. The second kappa shape index (κ2) is 5.83. The van der Waals surface area contributed by atoms with Crippen molar-refractivity contribution < 1.29 is 18.7 Å². The summed E-state index contributed by atoms with van der Waals surface area (Å²) in [6.45, 7) is 5.35. The van der Waals surface area contributed by atoms with E-state index in [1.807, 2.05) is 0 Å². The Balaban J connectivity index is 2.06. The van der Waals surface area contributed by atoms with Gasteiger partial charge >= 0.3 is 11.6 Å². The number of ether oxygens (including phenoxy) is 2. The van der Waals surface area contributed by atoms with Crippen LogP contribution < -0.4 is 10.4 Å². The highest BCUT2D eigenvalue weighted by Gasteiger charge is 2.13. The maximum Gasteiger partial charge on any atom is 0.336 e. The van der Waals surface area contributed by atoms with E-state index in [9.17, 15) is 9.59 Å². The van der Waals surface area contributed by atoms with Crippen molar-refractivity contribution in [2.45, 2.75) is 26.4 Å². The number of esters is 1. The molecule has 1 aromatic carbocycles. The molecule has 5 heteroatoms. The van der Waals surface area contributed by atoms with E-state index in [2.05, 4.69) is 0 Å². The summed E-state index contributed by atoms with van der Waals surface area (Å²) in [7, 11) is 0. The topological polar surface area (TPSA) is 65.7 Å². The molecule has 0 fully saturated rings. The van der Waals surface area contributed by atoms with Crippen LogP contribution in [-0.2, 0) is 9.53 Å². The highest BCUT2D eigenvalue weighted by Crippen LogP contribution is 2.19. The number of hydrogen-bond acceptors (Lipinski definition) is 5. The SMILES string of the molecule is CC(C)(C)OC(=O)/C=C/Oc1ccc2ccc(=O)oc2c1. The molecular weight excluding hydrogens is 272 g/mol. The van der Waals surface area contributed by atoms with Crippen LogP contribution in [0.3, 0.4) is 0 Å². The van der Waals surface area contributed by atoms with Gasteiger partial charge in [0.2, 0.25) is 0 Å². The first-order valence-electron chi connectivity index (χ1n) is 6.44. The third-order valence-electron chi connectivity index (χ3n) is 2.41. The summed E-state index contributed by atoms with van der Waals surface area (Å²) in [6.07, 6.45) is 2.42. The molecule has 0 aliphatic heterocycles. The molecule has 0 amide bonds. The fraction of sp³-hybridized carbons (Fsp3) is 0.250. The molecular formula is C16H16O5. The molecule has 5 nitrogen and oxygen atoms in total. The van der Waals surface area contributed by atoms with Crippen molar-refractivity contribution in [1.29, 1.82) is 0 Å². The van der Waals surface area contributed by atoms with Gasteiger partial charge in [-0.2, -0.15) is 0 Å².